The first-order valence-electron chi connectivity index (χ1n) is 13.8. The van der Waals surface area contributed by atoms with Crippen LogP contribution in [0.1, 0.15) is 44.5 Å². The number of nitrogens with zero attached hydrogens (tertiary/aromatic N) is 4. The number of hydrogen-bond acceptors (Lipinski definition) is 5. The maximum Gasteiger partial charge on any atom is 0.261 e. The van der Waals surface area contributed by atoms with Crippen molar-refractivity contribution in [1.82, 2.24) is 24.4 Å². The first-order chi connectivity index (χ1) is 20.8. The summed E-state index contributed by atoms with van der Waals surface area (Å²) in [5, 5.41) is 11.2. The third-order valence-electron chi connectivity index (χ3n) is 7.74. The number of hydrogen-bond donors (Lipinski definition) is 2. The van der Waals surface area contributed by atoms with Gasteiger partial charge in [-0.05, 0) is 77.3 Å². The first kappa shape index (κ1) is 28.7. The van der Waals surface area contributed by atoms with Gasteiger partial charge in [0.15, 0.2) is 5.65 Å². The molecule has 2 N–H and O–H groups in total. The van der Waals surface area contributed by atoms with Gasteiger partial charge < -0.3 is 15.5 Å². The number of aromatic nitrogens is 3. The lowest BCUT2D eigenvalue weighted by molar-refractivity contribution is 0.0651. The molecular weight excluding hydrogens is 632 g/mol. The molecule has 5 aromatic rings. The molecule has 0 saturated carbocycles. The molecular formula is C32H28BrClN6O3. The minimum absolute atomic E-state index is 0.177. The van der Waals surface area contributed by atoms with Gasteiger partial charge in [0.1, 0.15) is 0 Å². The van der Waals surface area contributed by atoms with E-state index in [4.69, 9.17) is 16.7 Å². The van der Waals surface area contributed by atoms with Crippen LogP contribution in [-0.4, -0.2) is 44.0 Å². The fourth-order valence-corrected chi connectivity index (χ4v) is 5.89. The first-order valence-corrected chi connectivity index (χ1v) is 14.9. The number of nitrogens with one attached hydrogen (secondary N) is 2. The number of rotatable bonds is 6. The van der Waals surface area contributed by atoms with Gasteiger partial charge >= 0.3 is 0 Å². The third kappa shape index (κ3) is 5.32. The van der Waals surface area contributed by atoms with E-state index in [1.807, 2.05) is 37.3 Å². The maximum absolute atomic E-state index is 14.3. The number of benzene rings is 3. The Kier molecular flexibility index (Phi) is 7.81. The van der Waals surface area contributed by atoms with Crippen molar-refractivity contribution in [2.24, 2.45) is 0 Å². The van der Waals surface area contributed by atoms with E-state index in [1.54, 1.807) is 69.7 Å². The zero-order valence-electron chi connectivity index (χ0n) is 23.5. The molecule has 2 amide bonds. The topological polar surface area (TPSA) is 101 Å². The highest BCUT2D eigenvalue weighted by Gasteiger charge is 2.33. The zero-order chi connectivity index (χ0) is 30.2. The van der Waals surface area contributed by atoms with E-state index in [1.165, 1.54) is 0 Å². The SMILES string of the molecule is CNC(=O)c1ccc(-n2c(=O)c3c(n4ncc(NCc5ccccc5)c24)CN(C(=O)c2ccc(Br)c(Cl)c2)[C@@H](C)C3)cc1. The lowest BCUT2D eigenvalue weighted by atomic mass is 9.98. The normalized spacial score (nSPS) is 14.4. The number of carbonyl (C=O) groups excluding carboxylic acids is 2. The third-order valence-corrected chi connectivity index (χ3v) is 8.97. The van der Waals surface area contributed by atoms with Crippen molar-refractivity contribution >= 4 is 50.7 Å². The van der Waals surface area contributed by atoms with Gasteiger partial charge in [0.05, 0.1) is 34.8 Å². The fourth-order valence-electron chi connectivity index (χ4n) is 5.46. The highest BCUT2D eigenvalue weighted by atomic mass is 79.9. The monoisotopic (exact) mass is 658 g/mol. The second-order valence-electron chi connectivity index (χ2n) is 10.4. The van der Waals surface area contributed by atoms with Crippen molar-refractivity contribution in [1.29, 1.82) is 0 Å². The number of halogens is 2. The van der Waals surface area contributed by atoms with Crippen LogP contribution in [0.15, 0.2) is 88.3 Å². The van der Waals surface area contributed by atoms with Crippen LogP contribution in [0.3, 0.4) is 0 Å². The minimum atomic E-state index is -0.247. The fraction of sp³-hybridized carbons (Fsp3) is 0.188. The van der Waals surface area contributed by atoms with Crippen LogP contribution in [0.2, 0.25) is 5.02 Å². The molecule has 0 unspecified atom stereocenters. The van der Waals surface area contributed by atoms with Crippen molar-refractivity contribution in [2.45, 2.75) is 32.5 Å². The Morgan fingerprint density at radius 3 is 2.47 bits per heavy atom. The van der Waals surface area contributed by atoms with Crippen LogP contribution in [0.5, 0.6) is 0 Å². The van der Waals surface area contributed by atoms with Crippen LogP contribution in [0.4, 0.5) is 5.69 Å². The highest BCUT2D eigenvalue weighted by molar-refractivity contribution is 9.10. The molecule has 9 nitrogen and oxygen atoms in total. The van der Waals surface area contributed by atoms with Gasteiger partial charge in [0, 0.05) is 40.8 Å². The van der Waals surface area contributed by atoms with Gasteiger partial charge in [0.25, 0.3) is 17.4 Å². The highest BCUT2D eigenvalue weighted by Crippen LogP contribution is 2.30. The molecule has 1 aliphatic heterocycles. The molecule has 0 aliphatic carbocycles. The second kappa shape index (κ2) is 11.7. The molecule has 11 heteroatoms. The van der Waals surface area contributed by atoms with E-state index in [0.29, 0.717) is 61.9 Å². The summed E-state index contributed by atoms with van der Waals surface area (Å²) < 4.78 is 4.09. The van der Waals surface area contributed by atoms with Gasteiger partial charge in [-0.3, -0.25) is 19.0 Å². The van der Waals surface area contributed by atoms with Crippen LogP contribution in [0, 0.1) is 0 Å². The number of fused-ring (bicyclic) bond motifs is 3. The molecule has 0 bridgehead atoms. The summed E-state index contributed by atoms with van der Waals surface area (Å²) in [7, 11) is 1.57. The van der Waals surface area contributed by atoms with Crippen LogP contribution < -0.4 is 16.2 Å². The smallest absolute Gasteiger partial charge is 0.261 e. The molecule has 1 atom stereocenters. The van der Waals surface area contributed by atoms with Gasteiger partial charge in [-0.1, -0.05) is 41.9 Å². The Morgan fingerprint density at radius 1 is 1.05 bits per heavy atom. The summed E-state index contributed by atoms with van der Waals surface area (Å²) in [6, 6.07) is 21.7. The molecule has 3 heterocycles. The van der Waals surface area contributed by atoms with E-state index in [2.05, 4.69) is 26.6 Å². The molecule has 1 aliphatic rings. The van der Waals surface area contributed by atoms with E-state index in [0.717, 1.165) is 5.56 Å². The average molecular weight is 660 g/mol. The van der Waals surface area contributed by atoms with Crippen molar-refractivity contribution in [2.75, 3.05) is 12.4 Å². The van der Waals surface area contributed by atoms with Crippen LogP contribution in [-0.2, 0) is 19.5 Å². The van der Waals surface area contributed by atoms with Crippen molar-refractivity contribution in [3.8, 4) is 5.69 Å². The Hall–Kier alpha value is -4.41. The molecule has 0 fully saturated rings. The predicted octanol–water partition coefficient (Wildman–Crippen LogP) is 5.46. The van der Waals surface area contributed by atoms with Crippen LogP contribution >= 0.6 is 27.5 Å². The molecule has 0 spiro atoms. The van der Waals surface area contributed by atoms with E-state index >= 15 is 0 Å². The van der Waals surface area contributed by atoms with E-state index < -0.39 is 0 Å². The van der Waals surface area contributed by atoms with Crippen molar-refractivity contribution < 1.29 is 9.59 Å². The Balaban J connectivity index is 1.47. The Labute approximate surface area is 261 Å². The lowest BCUT2D eigenvalue weighted by Crippen LogP contribution is -2.46. The molecule has 0 saturated heterocycles. The van der Waals surface area contributed by atoms with Gasteiger partial charge in [0.2, 0.25) is 0 Å². The summed E-state index contributed by atoms with van der Waals surface area (Å²) in [5.74, 6) is -0.390. The number of amides is 2. The Bertz CT molecular complexity index is 1920. The summed E-state index contributed by atoms with van der Waals surface area (Å²) in [6.07, 6.45) is 2.05. The zero-order valence-corrected chi connectivity index (χ0v) is 25.8. The summed E-state index contributed by atoms with van der Waals surface area (Å²) in [6.45, 7) is 2.66. The molecule has 0 radical (unpaired) electrons. The Morgan fingerprint density at radius 2 is 1.77 bits per heavy atom. The average Bonchev–Trinajstić information content (AvgIpc) is 3.45. The summed E-state index contributed by atoms with van der Waals surface area (Å²) >= 11 is 9.68. The van der Waals surface area contributed by atoms with E-state index in [9.17, 15) is 14.4 Å². The van der Waals surface area contributed by atoms with Crippen molar-refractivity contribution in [3.63, 3.8) is 0 Å². The van der Waals surface area contributed by atoms with Crippen molar-refractivity contribution in [3.05, 3.63) is 127 Å². The molecule has 43 heavy (non-hydrogen) atoms. The summed E-state index contributed by atoms with van der Waals surface area (Å²) in [4.78, 5) is 41.9. The lowest BCUT2D eigenvalue weighted by Gasteiger charge is -2.35. The van der Waals surface area contributed by atoms with E-state index in [-0.39, 0.29) is 30.0 Å². The van der Waals surface area contributed by atoms with Gasteiger partial charge in [-0.2, -0.15) is 5.10 Å². The van der Waals surface area contributed by atoms with Gasteiger partial charge in [-0.15, -0.1) is 0 Å². The minimum Gasteiger partial charge on any atom is -0.377 e. The van der Waals surface area contributed by atoms with Crippen LogP contribution in [0.25, 0.3) is 11.3 Å². The summed E-state index contributed by atoms with van der Waals surface area (Å²) in [5.41, 5.74) is 4.88. The predicted molar refractivity (Wildman–Crippen MR) is 170 cm³/mol. The molecule has 3 aromatic carbocycles. The maximum atomic E-state index is 14.3. The number of anilines is 1. The number of carbonyl (C=O) groups is 2. The molecule has 218 valence electrons. The second-order valence-corrected chi connectivity index (χ2v) is 11.7. The largest absolute Gasteiger partial charge is 0.377 e. The quantitative estimate of drug-likeness (QED) is 0.252. The molecule has 2 aromatic heterocycles. The standard InChI is InChI=1S/C32H28BrClN6O3/c1-19-14-24-28(18-38(19)31(42)22-10-13-25(33)26(34)15-22)40-30(27(17-37-40)36-16-20-6-4-3-5-7-20)39(32(24)43)23-11-8-21(9-12-23)29(41)35-2/h3-13,15,17,19,36H,14,16,18H2,1-2H3,(H,35,41)/t19-/m0/s1. The van der Waals surface area contributed by atoms with Gasteiger partial charge in [-0.25, -0.2) is 4.52 Å². The molecule has 6 rings (SSSR count).